The smallest absolute Gasteiger partial charge is 0.310 e. The van der Waals surface area contributed by atoms with Crippen LogP contribution in [-0.4, -0.2) is 36.0 Å². The summed E-state index contributed by atoms with van der Waals surface area (Å²) in [7, 11) is 0. The second-order valence-electron chi connectivity index (χ2n) is 9.10. The highest BCUT2D eigenvalue weighted by Crippen LogP contribution is 2.42. The molecule has 38 heavy (non-hydrogen) atoms. The number of carbonyl (C=O) groups is 3. The van der Waals surface area contributed by atoms with Crippen LogP contribution in [-0.2, 0) is 25.5 Å². The van der Waals surface area contributed by atoms with Crippen LogP contribution in [0, 0.1) is 6.92 Å². The molecule has 3 aromatic carbocycles. The largest absolute Gasteiger partial charge is 0.507 e. The number of esters is 1. The van der Waals surface area contributed by atoms with Gasteiger partial charge in [0.05, 0.1) is 31.2 Å². The van der Waals surface area contributed by atoms with Gasteiger partial charge in [-0.3, -0.25) is 19.3 Å². The molecule has 0 saturated carbocycles. The lowest BCUT2D eigenvalue weighted by Crippen LogP contribution is -2.29. The molecule has 1 unspecified atom stereocenters. The van der Waals surface area contributed by atoms with Gasteiger partial charge in [0.2, 0.25) is 0 Å². The Labute approximate surface area is 222 Å². The zero-order chi connectivity index (χ0) is 27.2. The number of amides is 1. The summed E-state index contributed by atoms with van der Waals surface area (Å²) in [4.78, 5) is 40.0. The number of rotatable bonds is 9. The van der Waals surface area contributed by atoms with Gasteiger partial charge in [-0.15, -0.1) is 0 Å². The topological polar surface area (TPSA) is 93.1 Å². The third-order valence-corrected chi connectivity index (χ3v) is 6.27. The number of aliphatic hydroxyl groups excluding tert-OH is 1. The molecule has 0 radical (unpaired) electrons. The van der Waals surface area contributed by atoms with E-state index in [1.54, 1.807) is 55.5 Å². The predicted octanol–water partition coefficient (Wildman–Crippen LogP) is 5.52. The van der Waals surface area contributed by atoms with E-state index in [1.807, 2.05) is 38.1 Å². The molecule has 0 aliphatic carbocycles. The summed E-state index contributed by atoms with van der Waals surface area (Å²) in [5.41, 5.74) is 3.28. The maximum Gasteiger partial charge on any atom is 0.310 e. The molecule has 1 amide bonds. The van der Waals surface area contributed by atoms with Crippen LogP contribution < -0.4 is 9.64 Å². The van der Waals surface area contributed by atoms with Gasteiger partial charge in [-0.25, -0.2) is 0 Å². The van der Waals surface area contributed by atoms with Crippen molar-refractivity contribution in [2.75, 3.05) is 18.1 Å². The molecule has 1 aliphatic heterocycles. The zero-order valence-corrected chi connectivity index (χ0v) is 21.8. The Morgan fingerprint density at radius 1 is 0.974 bits per heavy atom. The lowest BCUT2D eigenvalue weighted by Gasteiger charge is -2.26. The molecular formula is C31H31NO6. The number of hydrogen-bond donors (Lipinski definition) is 1. The standard InChI is InChI=1S/C31H31NO6/c1-4-17-38-25-15-11-22(12-16-25)29(34)27-28(23-8-6-7-20(3)18-23)32(31(36)30(27)35)24-13-9-21(10-14-24)19-26(33)37-5-2/h6-16,18,28,34H,4-5,17,19H2,1-3H3/b29-27-. The SMILES string of the molecule is CCCOc1ccc(/C(O)=C2/C(=O)C(=O)N(c3ccc(CC(=O)OCC)cc3)C2c2cccc(C)c2)cc1. The maximum atomic E-state index is 13.4. The fourth-order valence-corrected chi connectivity index (χ4v) is 4.49. The number of carbonyl (C=O) groups excluding carboxylic acids is 3. The Bertz CT molecular complexity index is 1360. The maximum absolute atomic E-state index is 13.4. The average molecular weight is 514 g/mol. The predicted molar refractivity (Wildman–Crippen MR) is 145 cm³/mol. The van der Waals surface area contributed by atoms with E-state index in [9.17, 15) is 19.5 Å². The molecule has 1 N–H and O–H groups in total. The van der Waals surface area contributed by atoms with Gasteiger partial charge in [-0.1, -0.05) is 48.9 Å². The van der Waals surface area contributed by atoms with Crippen molar-refractivity contribution in [3.8, 4) is 5.75 Å². The van der Waals surface area contributed by atoms with Crippen molar-refractivity contribution in [3.05, 3.63) is 101 Å². The Morgan fingerprint density at radius 3 is 2.32 bits per heavy atom. The average Bonchev–Trinajstić information content (AvgIpc) is 3.18. The Kier molecular flexibility index (Phi) is 8.26. The Morgan fingerprint density at radius 2 is 1.68 bits per heavy atom. The number of hydrogen-bond acceptors (Lipinski definition) is 6. The summed E-state index contributed by atoms with van der Waals surface area (Å²) in [5, 5.41) is 11.3. The van der Waals surface area contributed by atoms with Crippen LogP contribution in [0.15, 0.2) is 78.4 Å². The number of nitrogens with zero attached hydrogens (tertiary/aromatic N) is 1. The van der Waals surface area contributed by atoms with Gasteiger partial charge in [0.25, 0.3) is 11.7 Å². The van der Waals surface area contributed by atoms with Crippen molar-refractivity contribution in [3.63, 3.8) is 0 Å². The van der Waals surface area contributed by atoms with Gasteiger partial charge in [0, 0.05) is 11.3 Å². The van der Waals surface area contributed by atoms with E-state index in [4.69, 9.17) is 9.47 Å². The minimum Gasteiger partial charge on any atom is -0.507 e. The molecule has 7 nitrogen and oxygen atoms in total. The zero-order valence-electron chi connectivity index (χ0n) is 21.8. The summed E-state index contributed by atoms with van der Waals surface area (Å²) < 4.78 is 10.6. The second kappa shape index (κ2) is 11.8. The minimum atomic E-state index is -0.832. The van der Waals surface area contributed by atoms with Gasteiger partial charge in [-0.2, -0.15) is 0 Å². The lowest BCUT2D eigenvalue weighted by atomic mass is 9.94. The van der Waals surface area contributed by atoms with Crippen LogP contribution in [0.2, 0.25) is 0 Å². The van der Waals surface area contributed by atoms with Gasteiger partial charge in [0.1, 0.15) is 11.5 Å². The van der Waals surface area contributed by atoms with Gasteiger partial charge < -0.3 is 14.6 Å². The van der Waals surface area contributed by atoms with Crippen molar-refractivity contribution < 1.29 is 29.0 Å². The van der Waals surface area contributed by atoms with E-state index in [2.05, 4.69) is 0 Å². The first kappa shape index (κ1) is 26.7. The van der Waals surface area contributed by atoms with Crippen molar-refractivity contribution >= 4 is 29.1 Å². The molecule has 0 spiro atoms. The lowest BCUT2D eigenvalue weighted by molar-refractivity contribution is -0.142. The van der Waals surface area contributed by atoms with E-state index in [1.165, 1.54) is 4.90 Å². The number of anilines is 1. The summed E-state index contributed by atoms with van der Waals surface area (Å²) in [6.07, 6.45) is 0.970. The summed E-state index contributed by atoms with van der Waals surface area (Å²) in [6, 6.07) is 20.3. The fourth-order valence-electron chi connectivity index (χ4n) is 4.49. The third-order valence-electron chi connectivity index (χ3n) is 6.27. The molecule has 1 fully saturated rings. The molecule has 3 aromatic rings. The first-order valence-corrected chi connectivity index (χ1v) is 12.7. The number of Topliss-reactive ketones (excluding diaryl/α,β-unsaturated/α-hetero) is 1. The molecular weight excluding hydrogens is 482 g/mol. The summed E-state index contributed by atoms with van der Waals surface area (Å²) in [5.74, 6) is -1.44. The number of benzene rings is 3. The highest BCUT2D eigenvalue weighted by Gasteiger charge is 2.47. The van der Waals surface area contributed by atoms with E-state index in [0.717, 1.165) is 17.5 Å². The van der Waals surface area contributed by atoms with Crippen molar-refractivity contribution in [1.29, 1.82) is 0 Å². The number of aryl methyl sites for hydroxylation is 1. The van der Waals surface area contributed by atoms with Crippen LogP contribution in [0.5, 0.6) is 5.75 Å². The second-order valence-corrected chi connectivity index (χ2v) is 9.10. The number of aliphatic hydroxyl groups is 1. The highest BCUT2D eigenvalue weighted by molar-refractivity contribution is 6.51. The third kappa shape index (κ3) is 5.62. The molecule has 1 aliphatic rings. The molecule has 0 aromatic heterocycles. The van der Waals surface area contributed by atoms with Crippen molar-refractivity contribution in [1.82, 2.24) is 0 Å². The fraction of sp³-hybridized carbons (Fsp3) is 0.258. The van der Waals surface area contributed by atoms with E-state index in [-0.39, 0.29) is 23.7 Å². The van der Waals surface area contributed by atoms with Crippen LogP contribution in [0.25, 0.3) is 5.76 Å². The molecule has 0 bridgehead atoms. The molecule has 1 heterocycles. The number of ketones is 1. The quantitative estimate of drug-likeness (QED) is 0.175. The van der Waals surface area contributed by atoms with E-state index >= 15 is 0 Å². The minimum absolute atomic E-state index is 0.0124. The molecule has 4 rings (SSSR count). The van der Waals surface area contributed by atoms with E-state index in [0.29, 0.717) is 35.8 Å². The Balaban J connectivity index is 1.76. The molecule has 7 heteroatoms. The van der Waals surface area contributed by atoms with Crippen molar-refractivity contribution in [2.45, 2.75) is 39.7 Å². The highest BCUT2D eigenvalue weighted by atomic mass is 16.5. The summed E-state index contributed by atoms with van der Waals surface area (Å²) in [6.45, 7) is 6.56. The molecule has 196 valence electrons. The Hall–Kier alpha value is -4.39. The molecule has 1 atom stereocenters. The molecule has 1 saturated heterocycles. The van der Waals surface area contributed by atoms with Gasteiger partial charge in [-0.05, 0) is 67.8 Å². The van der Waals surface area contributed by atoms with Crippen LogP contribution >= 0.6 is 0 Å². The van der Waals surface area contributed by atoms with Crippen LogP contribution in [0.4, 0.5) is 5.69 Å². The first-order chi connectivity index (χ1) is 18.3. The normalized spacial score (nSPS) is 16.5. The van der Waals surface area contributed by atoms with Gasteiger partial charge in [0.15, 0.2) is 0 Å². The summed E-state index contributed by atoms with van der Waals surface area (Å²) >= 11 is 0. The van der Waals surface area contributed by atoms with Crippen LogP contribution in [0.3, 0.4) is 0 Å². The van der Waals surface area contributed by atoms with Crippen LogP contribution in [0.1, 0.15) is 48.6 Å². The van der Waals surface area contributed by atoms with Crippen molar-refractivity contribution in [2.24, 2.45) is 0 Å². The first-order valence-electron chi connectivity index (χ1n) is 12.7. The van der Waals surface area contributed by atoms with Gasteiger partial charge >= 0.3 is 5.97 Å². The number of ether oxygens (including phenoxy) is 2. The monoisotopic (exact) mass is 513 g/mol. The van der Waals surface area contributed by atoms with E-state index < -0.39 is 17.7 Å².